The molecule has 0 unspecified atom stereocenters. The highest BCUT2D eigenvalue weighted by Crippen LogP contribution is 2.17. The van der Waals surface area contributed by atoms with Crippen LogP contribution < -0.4 is 10.1 Å². The third kappa shape index (κ3) is 3.56. The Bertz CT molecular complexity index is 495. The molecule has 0 aliphatic rings. The summed E-state index contributed by atoms with van der Waals surface area (Å²) in [7, 11) is 0. The Morgan fingerprint density at radius 1 is 1.33 bits per heavy atom. The second kappa shape index (κ2) is 6.16. The molecule has 0 fully saturated rings. The summed E-state index contributed by atoms with van der Waals surface area (Å²) in [6.45, 7) is 5.81. The van der Waals surface area contributed by atoms with Crippen molar-refractivity contribution < 1.29 is 4.74 Å². The fraction of sp³-hybridized carbons (Fsp3) is 0.385. The van der Waals surface area contributed by atoms with E-state index < -0.39 is 0 Å². The number of hydrogen-bond acceptors (Lipinski definition) is 4. The number of aromatic nitrogens is 3. The lowest BCUT2D eigenvalue weighted by molar-refractivity contribution is 0.440. The molecule has 0 saturated heterocycles. The zero-order valence-electron chi connectivity index (χ0n) is 10.7. The predicted molar refractivity (Wildman–Crippen MR) is 69.6 cm³/mol. The van der Waals surface area contributed by atoms with E-state index >= 15 is 0 Å². The minimum absolute atomic E-state index is 0.540. The Kier molecular flexibility index (Phi) is 4.30. The number of ether oxygens (including phenoxy) is 1. The topological polar surface area (TPSA) is 62.8 Å². The van der Waals surface area contributed by atoms with Crippen molar-refractivity contribution in [2.24, 2.45) is 0 Å². The Labute approximate surface area is 107 Å². The molecule has 96 valence electrons. The summed E-state index contributed by atoms with van der Waals surface area (Å²) < 4.78 is 5.56. The van der Waals surface area contributed by atoms with Crippen molar-refractivity contribution in [3.8, 4) is 11.8 Å². The SMILES string of the molecule is CCCNCc1cccc(Oc2cc(C)[nH]n2)n1. The van der Waals surface area contributed by atoms with Gasteiger partial charge in [-0.3, -0.25) is 5.10 Å². The minimum atomic E-state index is 0.540. The molecule has 0 amide bonds. The van der Waals surface area contributed by atoms with Gasteiger partial charge in [-0.15, -0.1) is 5.10 Å². The fourth-order valence-electron chi connectivity index (χ4n) is 1.56. The predicted octanol–water partition coefficient (Wildman–Crippen LogP) is 2.41. The molecular weight excluding hydrogens is 228 g/mol. The van der Waals surface area contributed by atoms with Crippen LogP contribution in [0.25, 0.3) is 0 Å². The van der Waals surface area contributed by atoms with Gasteiger partial charge in [-0.25, -0.2) is 4.98 Å². The molecule has 5 nitrogen and oxygen atoms in total. The second-order valence-electron chi connectivity index (χ2n) is 4.14. The van der Waals surface area contributed by atoms with E-state index in [0.29, 0.717) is 11.8 Å². The van der Waals surface area contributed by atoms with Crippen molar-refractivity contribution in [2.45, 2.75) is 26.8 Å². The molecule has 0 saturated carbocycles. The maximum Gasteiger partial charge on any atom is 0.240 e. The van der Waals surface area contributed by atoms with Gasteiger partial charge in [0.05, 0.1) is 5.69 Å². The lowest BCUT2D eigenvalue weighted by Gasteiger charge is -2.05. The summed E-state index contributed by atoms with van der Waals surface area (Å²) in [4.78, 5) is 4.41. The summed E-state index contributed by atoms with van der Waals surface area (Å²) >= 11 is 0. The summed E-state index contributed by atoms with van der Waals surface area (Å²) in [6, 6.07) is 7.58. The lowest BCUT2D eigenvalue weighted by Crippen LogP contribution is -2.14. The number of nitrogens with zero attached hydrogens (tertiary/aromatic N) is 2. The molecule has 2 aromatic rings. The average Bonchev–Trinajstić information content (AvgIpc) is 2.76. The van der Waals surface area contributed by atoms with E-state index in [9.17, 15) is 0 Å². The first-order valence-corrected chi connectivity index (χ1v) is 6.14. The van der Waals surface area contributed by atoms with Crippen LogP contribution in [0.3, 0.4) is 0 Å². The minimum Gasteiger partial charge on any atom is -0.419 e. The van der Waals surface area contributed by atoms with Crippen LogP contribution in [0.5, 0.6) is 11.8 Å². The number of H-pyrrole nitrogens is 1. The normalized spacial score (nSPS) is 10.6. The van der Waals surface area contributed by atoms with Gasteiger partial charge in [0, 0.05) is 24.4 Å². The van der Waals surface area contributed by atoms with E-state index in [1.807, 2.05) is 31.2 Å². The van der Waals surface area contributed by atoms with Crippen molar-refractivity contribution >= 4 is 0 Å². The van der Waals surface area contributed by atoms with Gasteiger partial charge in [0.15, 0.2) is 0 Å². The molecule has 0 radical (unpaired) electrons. The molecule has 0 aliphatic heterocycles. The molecule has 18 heavy (non-hydrogen) atoms. The van der Waals surface area contributed by atoms with Crippen LogP contribution in [0.4, 0.5) is 0 Å². The highest BCUT2D eigenvalue weighted by atomic mass is 16.5. The van der Waals surface area contributed by atoms with Crippen LogP contribution in [0.1, 0.15) is 24.7 Å². The van der Waals surface area contributed by atoms with Crippen LogP contribution in [-0.2, 0) is 6.54 Å². The van der Waals surface area contributed by atoms with Gasteiger partial charge in [0.2, 0.25) is 11.8 Å². The van der Waals surface area contributed by atoms with Gasteiger partial charge in [0.1, 0.15) is 0 Å². The fourth-order valence-corrected chi connectivity index (χ4v) is 1.56. The van der Waals surface area contributed by atoms with Crippen molar-refractivity contribution in [2.75, 3.05) is 6.54 Å². The van der Waals surface area contributed by atoms with Crippen LogP contribution in [0.15, 0.2) is 24.3 Å². The van der Waals surface area contributed by atoms with Crippen molar-refractivity contribution in [1.82, 2.24) is 20.5 Å². The van der Waals surface area contributed by atoms with Crippen LogP contribution in [0.2, 0.25) is 0 Å². The van der Waals surface area contributed by atoms with Crippen LogP contribution in [-0.4, -0.2) is 21.7 Å². The molecule has 0 spiro atoms. The summed E-state index contributed by atoms with van der Waals surface area (Å²) in [5.74, 6) is 1.11. The number of nitrogens with one attached hydrogen (secondary N) is 2. The van der Waals surface area contributed by atoms with E-state index in [-0.39, 0.29) is 0 Å². The smallest absolute Gasteiger partial charge is 0.240 e. The van der Waals surface area contributed by atoms with E-state index in [1.54, 1.807) is 0 Å². The van der Waals surface area contributed by atoms with Crippen LogP contribution >= 0.6 is 0 Å². The quantitative estimate of drug-likeness (QED) is 0.768. The molecule has 0 bridgehead atoms. The number of aromatic amines is 1. The number of rotatable bonds is 6. The molecule has 0 aromatic carbocycles. The first-order chi connectivity index (χ1) is 8.78. The monoisotopic (exact) mass is 246 g/mol. The Hall–Kier alpha value is -1.88. The van der Waals surface area contributed by atoms with Gasteiger partial charge in [-0.1, -0.05) is 13.0 Å². The first kappa shape index (κ1) is 12.6. The molecular formula is C13H18N4O. The van der Waals surface area contributed by atoms with Gasteiger partial charge in [-0.05, 0) is 26.0 Å². The zero-order valence-corrected chi connectivity index (χ0v) is 10.7. The van der Waals surface area contributed by atoms with Gasteiger partial charge in [0.25, 0.3) is 0 Å². The number of pyridine rings is 1. The second-order valence-corrected chi connectivity index (χ2v) is 4.14. The maximum atomic E-state index is 5.56. The highest BCUT2D eigenvalue weighted by Gasteiger charge is 2.03. The van der Waals surface area contributed by atoms with Gasteiger partial charge < -0.3 is 10.1 Å². The molecule has 2 heterocycles. The molecule has 5 heteroatoms. The van der Waals surface area contributed by atoms with E-state index in [1.165, 1.54) is 0 Å². The van der Waals surface area contributed by atoms with Gasteiger partial charge in [-0.2, -0.15) is 0 Å². The third-order valence-electron chi connectivity index (χ3n) is 2.41. The summed E-state index contributed by atoms with van der Waals surface area (Å²) in [5.41, 5.74) is 1.93. The van der Waals surface area contributed by atoms with E-state index in [0.717, 1.165) is 30.9 Å². The average molecular weight is 246 g/mol. The van der Waals surface area contributed by atoms with Crippen molar-refractivity contribution in [3.63, 3.8) is 0 Å². The first-order valence-electron chi connectivity index (χ1n) is 6.14. The maximum absolute atomic E-state index is 5.56. The zero-order chi connectivity index (χ0) is 12.8. The Morgan fingerprint density at radius 3 is 2.94 bits per heavy atom. The molecule has 0 aliphatic carbocycles. The standard InChI is InChI=1S/C13H18N4O/c1-3-7-14-9-11-5-4-6-12(15-11)18-13-8-10(2)16-17-13/h4-6,8,14H,3,7,9H2,1-2H3,(H,16,17). The summed E-state index contributed by atoms with van der Waals surface area (Å²) in [5, 5.41) is 10.2. The third-order valence-corrected chi connectivity index (χ3v) is 2.41. The Balaban J connectivity index is 1.98. The van der Waals surface area contributed by atoms with Crippen molar-refractivity contribution in [3.05, 3.63) is 35.7 Å². The summed E-state index contributed by atoms with van der Waals surface area (Å²) in [6.07, 6.45) is 1.11. The van der Waals surface area contributed by atoms with E-state index in [4.69, 9.17) is 4.74 Å². The van der Waals surface area contributed by atoms with E-state index in [2.05, 4.69) is 27.4 Å². The van der Waals surface area contributed by atoms with Gasteiger partial charge >= 0.3 is 0 Å². The van der Waals surface area contributed by atoms with Crippen molar-refractivity contribution in [1.29, 1.82) is 0 Å². The molecule has 2 N–H and O–H groups in total. The molecule has 2 aromatic heterocycles. The number of aryl methyl sites for hydroxylation is 1. The molecule has 2 rings (SSSR count). The Morgan fingerprint density at radius 2 is 2.22 bits per heavy atom. The highest BCUT2D eigenvalue weighted by molar-refractivity contribution is 5.22. The lowest BCUT2D eigenvalue weighted by atomic mass is 10.3. The number of hydrogen-bond donors (Lipinski definition) is 2. The van der Waals surface area contributed by atoms with Crippen LogP contribution in [0, 0.1) is 6.92 Å². The largest absolute Gasteiger partial charge is 0.419 e. The molecule has 0 atom stereocenters.